The van der Waals surface area contributed by atoms with Crippen molar-refractivity contribution >= 4 is 44.2 Å². The number of carbonyl (C=O) groups is 1. The number of amides is 1. The van der Waals surface area contributed by atoms with Gasteiger partial charge in [0.15, 0.2) is 0 Å². The molecule has 0 aromatic heterocycles. The first kappa shape index (κ1) is 27.8. The Balaban J connectivity index is 2.70. The largest absolute Gasteiger partial charge is 0.444 e. The van der Waals surface area contributed by atoms with Crippen LogP contribution >= 0.6 is 22.6 Å². The molecule has 2 rings (SSSR count). The van der Waals surface area contributed by atoms with Crippen LogP contribution in [0.1, 0.15) is 53.5 Å². The van der Waals surface area contributed by atoms with Gasteiger partial charge >= 0.3 is 12.3 Å². The fourth-order valence-electron chi connectivity index (χ4n) is 3.27. The molecule has 0 aliphatic carbocycles. The van der Waals surface area contributed by atoms with Gasteiger partial charge in [0, 0.05) is 14.9 Å². The topological polar surface area (TPSA) is 80.1 Å². The average Bonchev–Trinajstić information content (AvgIpc) is 2.70. The minimum absolute atomic E-state index is 0.0485. The monoisotopic (exact) mass is 605 g/mol. The summed E-state index contributed by atoms with van der Waals surface area (Å²) in [5.74, 6) is -1.02. The van der Waals surface area contributed by atoms with Crippen LogP contribution in [0, 0.1) is 9.39 Å². The molecule has 1 aliphatic rings. The molecular weight excluding hydrogens is 577 g/mol. The molecule has 33 heavy (non-hydrogen) atoms. The minimum atomic E-state index is -4.66. The first-order valence-corrected chi connectivity index (χ1v) is 12.9. The number of carbonyl (C=O) groups excluding carboxylic acids is 1. The SMILES string of the molecule is CC(C)(C)OC(=O)NC1=N[C@](C)(c2cc(I)ccc2F)CC[S@@](=O)(=NCC(F)(F)F)C1(C)C. The van der Waals surface area contributed by atoms with Crippen LogP contribution in [-0.2, 0) is 20.0 Å². The number of aliphatic imine (C=N–C) groups is 1. The van der Waals surface area contributed by atoms with E-state index in [-0.39, 0.29) is 23.6 Å². The molecule has 0 bridgehead atoms. The van der Waals surface area contributed by atoms with Crippen molar-refractivity contribution in [2.24, 2.45) is 9.36 Å². The van der Waals surface area contributed by atoms with Crippen molar-refractivity contribution in [2.45, 2.75) is 70.0 Å². The Morgan fingerprint density at radius 2 is 1.88 bits per heavy atom. The van der Waals surface area contributed by atoms with Crippen molar-refractivity contribution in [2.75, 3.05) is 12.3 Å². The van der Waals surface area contributed by atoms with Crippen molar-refractivity contribution in [3.05, 3.63) is 33.1 Å². The number of ether oxygens (including phenoxy) is 1. The molecule has 0 unspecified atom stereocenters. The van der Waals surface area contributed by atoms with E-state index in [1.54, 1.807) is 39.8 Å². The lowest BCUT2D eigenvalue weighted by molar-refractivity contribution is -0.117. The van der Waals surface area contributed by atoms with E-state index in [0.717, 1.165) is 0 Å². The molecule has 1 N–H and O–H groups in total. The standard InChI is InChI=1S/C21H28F4IN3O3S/c1-18(2,3)32-17(30)28-16-19(4,5)33(31,27-12-21(23,24)25)10-9-20(6,29-16)14-11-13(26)7-8-15(14)22/h7-8,11H,9-10,12H2,1-6H3,(H,28,29,30)/t20-,33-/m0/s1. The van der Waals surface area contributed by atoms with Crippen molar-refractivity contribution in [3.8, 4) is 0 Å². The average molecular weight is 605 g/mol. The number of rotatable bonds is 2. The molecule has 0 spiro atoms. The van der Waals surface area contributed by atoms with E-state index in [0.29, 0.717) is 3.57 Å². The number of nitrogens with zero attached hydrogens (tertiary/aromatic N) is 2. The minimum Gasteiger partial charge on any atom is -0.444 e. The van der Waals surface area contributed by atoms with Gasteiger partial charge in [-0.05, 0) is 88.8 Å². The molecule has 0 saturated heterocycles. The number of benzene rings is 1. The van der Waals surface area contributed by atoms with Crippen LogP contribution in [0.15, 0.2) is 27.6 Å². The summed E-state index contributed by atoms with van der Waals surface area (Å²) in [6.07, 6.45) is -5.62. The van der Waals surface area contributed by atoms with Crippen LogP contribution < -0.4 is 5.32 Å². The summed E-state index contributed by atoms with van der Waals surface area (Å²) >= 11 is 2.01. The predicted molar refractivity (Wildman–Crippen MR) is 128 cm³/mol. The van der Waals surface area contributed by atoms with Gasteiger partial charge in [0.2, 0.25) is 0 Å². The van der Waals surface area contributed by atoms with Gasteiger partial charge in [-0.2, -0.15) is 13.2 Å². The first-order chi connectivity index (χ1) is 14.8. The van der Waals surface area contributed by atoms with E-state index >= 15 is 0 Å². The van der Waals surface area contributed by atoms with Crippen LogP contribution in [0.4, 0.5) is 22.4 Å². The molecule has 1 aliphatic heterocycles. The highest BCUT2D eigenvalue weighted by molar-refractivity contribution is 14.1. The molecule has 0 fully saturated rings. The number of alkyl halides is 3. The van der Waals surface area contributed by atoms with Gasteiger partial charge in [-0.1, -0.05) is 0 Å². The zero-order valence-electron chi connectivity index (χ0n) is 19.3. The van der Waals surface area contributed by atoms with Gasteiger partial charge in [0.25, 0.3) is 0 Å². The molecule has 1 heterocycles. The number of amidine groups is 1. The van der Waals surface area contributed by atoms with Crippen LogP contribution in [0.2, 0.25) is 0 Å². The van der Waals surface area contributed by atoms with Gasteiger partial charge in [-0.25, -0.2) is 17.8 Å². The summed E-state index contributed by atoms with van der Waals surface area (Å²) in [6, 6.07) is 4.40. The van der Waals surface area contributed by atoms with Crippen LogP contribution in [0.25, 0.3) is 0 Å². The van der Waals surface area contributed by atoms with E-state index in [2.05, 4.69) is 14.7 Å². The molecule has 6 nitrogen and oxygen atoms in total. The predicted octanol–water partition coefficient (Wildman–Crippen LogP) is 5.78. The fourth-order valence-corrected chi connectivity index (χ4v) is 6.15. The van der Waals surface area contributed by atoms with Gasteiger partial charge in [-0.3, -0.25) is 10.3 Å². The smallest absolute Gasteiger partial charge is 0.413 e. The lowest BCUT2D eigenvalue weighted by Crippen LogP contribution is -2.51. The van der Waals surface area contributed by atoms with Crippen molar-refractivity contribution in [1.82, 2.24) is 5.32 Å². The Kier molecular flexibility index (Phi) is 7.84. The Morgan fingerprint density at radius 3 is 2.42 bits per heavy atom. The molecular formula is C21H28F4IN3O3S. The molecule has 1 amide bonds. The molecule has 2 atom stereocenters. The quantitative estimate of drug-likeness (QED) is 0.343. The van der Waals surface area contributed by atoms with Crippen molar-refractivity contribution in [3.63, 3.8) is 0 Å². The molecule has 0 radical (unpaired) electrons. The highest BCUT2D eigenvalue weighted by Crippen LogP contribution is 2.39. The highest BCUT2D eigenvalue weighted by Gasteiger charge is 2.46. The second-order valence-corrected chi connectivity index (χ2v) is 13.7. The van der Waals surface area contributed by atoms with Crippen molar-refractivity contribution in [1.29, 1.82) is 0 Å². The maximum Gasteiger partial charge on any atom is 0.413 e. The summed E-state index contributed by atoms with van der Waals surface area (Å²) in [7, 11) is -3.60. The third-order valence-electron chi connectivity index (χ3n) is 5.17. The highest BCUT2D eigenvalue weighted by atomic mass is 127. The zero-order valence-corrected chi connectivity index (χ0v) is 22.2. The van der Waals surface area contributed by atoms with Crippen molar-refractivity contribution < 1.29 is 31.3 Å². The number of nitrogens with one attached hydrogen (secondary N) is 1. The Morgan fingerprint density at radius 1 is 1.27 bits per heavy atom. The van der Waals surface area contributed by atoms with Crippen LogP contribution in [-0.4, -0.2) is 45.0 Å². The summed E-state index contributed by atoms with van der Waals surface area (Å²) in [4.78, 5) is 17.1. The van der Waals surface area contributed by atoms with E-state index in [9.17, 15) is 26.6 Å². The molecule has 12 heteroatoms. The van der Waals surface area contributed by atoms with E-state index in [1.165, 1.54) is 19.9 Å². The second kappa shape index (κ2) is 9.31. The maximum absolute atomic E-state index is 14.8. The van der Waals surface area contributed by atoms with Gasteiger partial charge in [-0.15, -0.1) is 0 Å². The van der Waals surface area contributed by atoms with Gasteiger partial charge in [0.1, 0.15) is 28.5 Å². The normalized spacial score (nSPS) is 25.6. The number of halogens is 5. The van der Waals surface area contributed by atoms with E-state index in [1.807, 2.05) is 22.6 Å². The van der Waals surface area contributed by atoms with Crippen LogP contribution in [0.3, 0.4) is 0 Å². The third kappa shape index (κ3) is 6.80. The number of hydrogen-bond donors (Lipinski definition) is 1. The summed E-state index contributed by atoms with van der Waals surface area (Å²) in [5.41, 5.74) is -2.01. The summed E-state index contributed by atoms with van der Waals surface area (Å²) in [5, 5.41) is 2.46. The maximum atomic E-state index is 14.8. The third-order valence-corrected chi connectivity index (χ3v) is 8.93. The first-order valence-electron chi connectivity index (χ1n) is 10.1. The van der Waals surface area contributed by atoms with Gasteiger partial charge < -0.3 is 4.74 Å². The molecule has 186 valence electrons. The molecule has 0 saturated carbocycles. The van der Waals surface area contributed by atoms with Gasteiger partial charge in [0.05, 0.1) is 15.3 Å². The summed E-state index contributed by atoms with van der Waals surface area (Å²) < 4.78 is 75.5. The van der Waals surface area contributed by atoms with E-state index < -0.39 is 50.2 Å². The number of hydrogen-bond acceptors (Lipinski definition) is 5. The zero-order chi connectivity index (χ0) is 25.5. The van der Waals surface area contributed by atoms with E-state index in [4.69, 9.17) is 4.74 Å². The Bertz CT molecular complexity index is 1070. The lowest BCUT2D eigenvalue weighted by atomic mass is 9.89. The molecule has 1 aromatic carbocycles. The Hall–Kier alpha value is -1.44. The number of alkyl carbamates (subject to hydrolysis) is 1. The second-order valence-electron chi connectivity index (χ2n) is 9.49. The summed E-state index contributed by atoms with van der Waals surface area (Å²) in [6.45, 7) is 7.70. The molecule has 1 aromatic rings. The van der Waals surface area contributed by atoms with Crippen LogP contribution in [0.5, 0.6) is 0 Å². The lowest BCUT2D eigenvalue weighted by Gasteiger charge is -2.30. The Labute approximate surface area is 205 Å². The fraction of sp³-hybridized carbons (Fsp3) is 0.619.